The largest absolute Gasteiger partial charge is 2.00 e. The molecule has 3 aromatic rings. The van der Waals surface area contributed by atoms with E-state index in [2.05, 4.69) is 26.0 Å². The molecule has 3 rings (SSSR count). The number of H-pyrrole nitrogens is 1. The van der Waals surface area contributed by atoms with E-state index < -0.39 is 0 Å². The topological polar surface area (TPSA) is 53.9 Å². The Labute approximate surface area is 147 Å². The van der Waals surface area contributed by atoms with Crippen LogP contribution in [0.3, 0.4) is 0 Å². The Morgan fingerprint density at radius 2 is 2.14 bits per heavy atom. The molecule has 4 nitrogen and oxygen atoms in total. The number of imidazole rings is 1. The summed E-state index contributed by atoms with van der Waals surface area (Å²) in [6, 6.07) is 14.6. The number of aromatic nitrogens is 3. The molecule has 100 valence electrons. The van der Waals surface area contributed by atoms with Crippen LogP contribution in [0, 0.1) is 37.2 Å². The number of aromatic amines is 1. The van der Waals surface area contributed by atoms with Crippen LogP contribution in [0.5, 0.6) is 0 Å². The second kappa shape index (κ2) is 7.35. The zero-order valence-electron chi connectivity index (χ0n) is 11.2. The molecule has 1 aromatic carbocycles. The molecule has 5 heteroatoms. The molecule has 0 amide bonds. The van der Waals surface area contributed by atoms with E-state index in [-0.39, 0.29) is 37.0 Å². The van der Waals surface area contributed by atoms with Gasteiger partial charge in [0, 0.05) is 29.7 Å². The SMILES string of the molecule is [CH-]=Nc1[c-]cc(C(c2ccccn2)c2cnc[nH]2)cc1.[U+2]. The second-order valence-electron chi connectivity index (χ2n) is 4.33. The summed E-state index contributed by atoms with van der Waals surface area (Å²) >= 11 is 0. The van der Waals surface area contributed by atoms with Crippen molar-refractivity contribution in [3.8, 4) is 0 Å². The van der Waals surface area contributed by atoms with Crippen molar-refractivity contribution in [1.82, 2.24) is 15.0 Å². The molecule has 0 spiro atoms. The number of hydrogen-bond acceptors (Lipinski definition) is 3. The van der Waals surface area contributed by atoms with Crippen LogP contribution < -0.4 is 0 Å². The fourth-order valence-corrected chi connectivity index (χ4v) is 2.17. The summed E-state index contributed by atoms with van der Waals surface area (Å²) in [6.07, 6.45) is 5.26. The van der Waals surface area contributed by atoms with Crippen LogP contribution in [-0.4, -0.2) is 21.7 Å². The predicted molar refractivity (Wildman–Crippen MR) is 77.2 cm³/mol. The molecule has 0 saturated carbocycles. The van der Waals surface area contributed by atoms with Crippen LogP contribution in [0.2, 0.25) is 0 Å². The second-order valence-corrected chi connectivity index (χ2v) is 4.33. The minimum Gasteiger partial charge on any atom is -0.485 e. The minimum atomic E-state index is -0.0122. The molecule has 0 radical (unpaired) electrons. The molecule has 0 saturated heterocycles. The Kier molecular flexibility index (Phi) is 5.49. The van der Waals surface area contributed by atoms with Gasteiger partial charge in [-0.25, -0.2) is 16.7 Å². The number of nitrogens with one attached hydrogen (secondary N) is 1. The summed E-state index contributed by atoms with van der Waals surface area (Å²) in [5, 5.41) is 0. The van der Waals surface area contributed by atoms with Crippen LogP contribution in [0.4, 0.5) is 5.69 Å². The van der Waals surface area contributed by atoms with Gasteiger partial charge >= 0.3 is 31.1 Å². The smallest absolute Gasteiger partial charge is 0.485 e. The Bertz CT molecular complexity index is 678. The van der Waals surface area contributed by atoms with Gasteiger partial charge < -0.3 is 9.98 Å². The normalized spacial score (nSPS) is 11.4. The molecular weight excluding hydrogens is 486 g/mol. The third-order valence-electron chi connectivity index (χ3n) is 3.11. The number of benzene rings is 1. The summed E-state index contributed by atoms with van der Waals surface area (Å²) in [5.74, 6) is -0.0122. The first kappa shape index (κ1) is 15.7. The molecule has 1 unspecified atom stereocenters. The van der Waals surface area contributed by atoms with Crippen molar-refractivity contribution >= 4 is 12.4 Å². The fourth-order valence-electron chi connectivity index (χ4n) is 2.17. The van der Waals surface area contributed by atoms with E-state index in [0.29, 0.717) is 5.69 Å². The standard InChI is InChI=1S/C16H12N4.U/c1-17-13-7-5-12(6-8-13)16(15-10-18-11-20-15)14-4-2-3-9-19-14;/h1-7,9-11,16H,(H,18,20);/q-2;+2. The third-order valence-corrected chi connectivity index (χ3v) is 3.11. The number of aliphatic imine (C=N–C) groups is 1. The van der Waals surface area contributed by atoms with Crippen molar-refractivity contribution < 1.29 is 31.1 Å². The van der Waals surface area contributed by atoms with Gasteiger partial charge in [-0.3, -0.25) is 11.1 Å². The number of hydrogen-bond donors (Lipinski definition) is 1. The van der Waals surface area contributed by atoms with Gasteiger partial charge in [0.05, 0.1) is 6.33 Å². The van der Waals surface area contributed by atoms with Gasteiger partial charge in [-0.05, 0) is 12.1 Å². The monoisotopic (exact) mass is 498 g/mol. The molecule has 1 N–H and O–H groups in total. The first-order valence-electron chi connectivity index (χ1n) is 6.20. The number of rotatable bonds is 4. The number of nitrogens with zero attached hydrogens (tertiary/aromatic N) is 3. The van der Waals surface area contributed by atoms with E-state index in [0.717, 1.165) is 17.0 Å². The molecule has 0 bridgehead atoms. The molecule has 21 heavy (non-hydrogen) atoms. The zero-order valence-corrected chi connectivity index (χ0v) is 15.4. The molecule has 2 heterocycles. The van der Waals surface area contributed by atoms with Crippen LogP contribution in [0.15, 0.2) is 60.1 Å². The van der Waals surface area contributed by atoms with Gasteiger partial charge in [-0.2, -0.15) is 18.9 Å². The van der Waals surface area contributed by atoms with Gasteiger partial charge in [0.15, 0.2) is 0 Å². The molecule has 0 aliphatic rings. The molecule has 0 fully saturated rings. The maximum Gasteiger partial charge on any atom is 2.00 e. The van der Waals surface area contributed by atoms with Crippen LogP contribution in [-0.2, 0) is 0 Å². The first-order chi connectivity index (χ1) is 9.88. The van der Waals surface area contributed by atoms with E-state index in [1.165, 1.54) is 0 Å². The molecule has 0 aliphatic heterocycles. The third kappa shape index (κ3) is 3.50. The van der Waals surface area contributed by atoms with Crippen molar-refractivity contribution in [3.63, 3.8) is 0 Å². The van der Waals surface area contributed by atoms with E-state index >= 15 is 0 Å². The summed E-state index contributed by atoms with van der Waals surface area (Å²) < 4.78 is 0. The zero-order chi connectivity index (χ0) is 13.8. The number of pyridine rings is 1. The van der Waals surface area contributed by atoms with Gasteiger partial charge in [-0.15, -0.1) is 5.56 Å². The Balaban J connectivity index is 0.00000161. The average Bonchev–Trinajstić information content (AvgIpc) is 3.03. The Hall–Kier alpha value is -1.70. The maximum absolute atomic E-state index is 5.25. The van der Waals surface area contributed by atoms with Crippen molar-refractivity contribution in [3.05, 3.63) is 78.1 Å². The van der Waals surface area contributed by atoms with Crippen LogP contribution >= 0.6 is 0 Å². The molecule has 2 aromatic heterocycles. The first-order valence-corrected chi connectivity index (χ1v) is 6.20. The maximum atomic E-state index is 5.25. The van der Waals surface area contributed by atoms with E-state index in [1.807, 2.05) is 36.4 Å². The van der Waals surface area contributed by atoms with Crippen molar-refractivity contribution in [1.29, 1.82) is 0 Å². The van der Waals surface area contributed by atoms with Crippen molar-refractivity contribution in [2.45, 2.75) is 5.92 Å². The van der Waals surface area contributed by atoms with E-state index in [4.69, 9.17) is 6.72 Å². The van der Waals surface area contributed by atoms with Crippen LogP contribution in [0.25, 0.3) is 0 Å². The van der Waals surface area contributed by atoms with Gasteiger partial charge in [-0.1, -0.05) is 6.07 Å². The molecule has 0 aliphatic carbocycles. The van der Waals surface area contributed by atoms with Crippen LogP contribution in [0.1, 0.15) is 22.9 Å². The van der Waals surface area contributed by atoms with E-state index in [9.17, 15) is 0 Å². The fraction of sp³-hybridized carbons (Fsp3) is 0.0625. The van der Waals surface area contributed by atoms with Gasteiger partial charge in [0.25, 0.3) is 0 Å². The van der Waals surface area contributed by atoms with Crippen molar-refractivity contribution in [2.75, 3.05) is 0 Å². The Morgan fingerprint density at radius 1 is 1.24 bits per heavy atom. The van der Waals surface area contributed by atoms with Gasteiger partial charge in [0.1, 0.15) is 0 Å². The predicted octanol–water partition coefficient (Wildman–Crippen LogP) is 2.99. The molecule has 1 atom stereocenters. The summed E-state index contributed by atoms with van der Waals surface area (Å²) in [7, 11) is 0. The summed E-state index contributed by atoms with van der Waals surface area (Å²) in [4.78, 5) is 15.3. The average molecular weight is 498 g/mol. The Morgan fingerprint density at radius 3 is 2.71 bits per heavy atom. The van der Waals surface area contributed by atoms with E-state index in [1.54, 1.807) is 18.7 Å². The summed E-state index contributed by atoms with van der Waals surface area (Å²) in [5.41, 5.74) is 3.61. The van der Waals surface area contributed by atoms with Gasteiger partial charge in [0.2, 0.25) is 0 Å². The molecular formula is C16H12N4U. The quantitative estimate of drug-likeness (QED) is 0.445. The minimum absolute atomic E-state index is 0. The summed E-state index contributed by atoms with van der Waals surface area (Å²) in [6.45, 7) is 5.25. The van der Waals surface area contributed by atoms with Crippen molar-refractivity contribution in [2.24, 2.45) is 4.99 Å².